The van der Waals surface area contributed by atoms with E-state index in [1.165, 1.54) is 0 Å². The number of hydrogen-bond donors (Lipinski definition) is 3. The van der Waals surface area contributed by atoms with Crippen molar-refractivity contribution in [1.29, 1.82) is 0 Å². The second kappa shape index (κ2) is 7.85. The molecule has 1 unspecified atom stereocenters. The van der Waals surface area contributed by atoms with Gasteiger partial charge in [-0.2, -0.15) is 0 Å². The number of aryl methyl sites for hydroxylation is 1. The number of anilines is 1. The largest absolute Gasteiger partial charge is 0.497 e. The molecule has 1 atom stereocenters. The van der Waals surface area contributed by atoms with Crippen LogP contribution in [0.25, 0.3) is 0 Å². The molecule has 6 heteroatoms. The van der Waals surface area contributed by atoms with Gasteiger partial charge in [-0.3, -0.25) is 0 Å². The Hall–Kier alpha value is -2.24. The molecule has 0 saturated heterocycles. The molecule has 0 aliphatic rings. The molecule has 0 aromatic heterocycles. The van der Waals surface area contributed by atoms with E-state index in [0.717, 1.165) is 5.56 Å². The van der Waals surface area contributed by atoms with Gasteiger partial charge in [-0.15, -0.1) is 0 Å². The van der Waals surface area contributed by atoms with E-state index in [0.29, 0.717) is 22.0 Å². The van der Waals surface area contributed by atoms with E-state index in [1.807, 2.05) is 6.92 Å². The maximum Gasteiger partial charge on any atom is 0.319 e. The van der Waals surface area contributed by atoms with Crippen molar-refractivity contribution in [1.82, 2.24) is 5.32 Å². The molecule has 5 nitrogen and oxygen atoms in total. The second-order valence-electron chi connectivity index (χ2n) is 5.09. The molecule has 23 heavy (non-hydrogen) atoms. The summed E-state index contributed by atoms with van der Waals surface area (Å²) in [6.45, 7) is 1.94. The third-order valence-corrected chi connectivity index (χ3v) is 3.61. The van der Waals surface area contributed by atoms with Gasteiger partial charge in [0.2, 0.25) is 0 Å². The van der Waals surface area contributed by atoms with Crippen molar-refractivity contribution in [2.24, 2.45) is 0 Å². The number of carbonyl (C=O) groups excluding carboxylic acids is 1. The van der Waals surface area contributed by atoms with Gasteiger partial charge in [-0.25, -0.2) is 4.79 Å². The summed E-state index contributed by atoms with van der Waals surface area (Å²) in [7, 11) is 1.56. The maximum absolute atomic E-state index is 11.9. The Balaban J connectivity index is 1.90. The molecule has 0 spiro atoms. The zero-order valence-corrected chi connectivity index (χ0v) is 13.7. The number of aliphatic hydroxyl groups excluding tert-OH is 1. The van der Waals surface area contributed by atoms with Crippen molar-refractivity contribution in [3.05, 3.63) is 58.6 Å². The molecule has 2 aromatic carbocycles. The lowest BCUT2D eigenvalue weighted by molar-refractivity contribution is 0.175. The van der Waals surface area contributed by atoms with Crippen LogP contribution in [0.5, 0.6) is 5.75 Å². The predicted molar refractivity (Wildman–Crippen MR) is 91.2 cm³/mol. The topological polar surface area (TPSA) is 70.6 Å². The zero-order chi connectivity index (χ0) is 16.8. The molecule has 0 bridgehead atoms. The first-order valence-corrected chi connectivity index (χ1v) is 7.50. The minimum atomic E-state index is -0.817. The minimum Gasteiger partial charge on any atom is -0.497 e. The second-order valence-corrected chi connectivity index (χ2v) is 5.52. The van der Waals surface area contributed by atoms with Gasteiger partial charge in [0, 0.05) is 17.3 Å². The monoisotopic (exact) mass is 334 g/mol. The average Bonchev–Trinajstić information content (AvgIpc) is 2.55. The average molecular weight is 335 g/mol. The number of aliphatic hydroxyl groups is 1. The smallest absolute Gasteiger partial charge is 0.319 e. The van der Waals surface area contributed by atoms with E-state index in [4.69, 9.17) is 16.3 Å². The van der Waals surface area contributed by atoms with Crippen molar-refractivity contribution in [2.75, 3.05) is 19.0 Å². The van der Waals surface area contributed by atoms with Gasteiger partial charge in [0.1, 0.15) is 5.75 Å². The van der Waals surface area contributed by atoms with E-state index in [9.17, 15) is 9.90 Å². The number of methoxy groups -OCH3 is 1. The molecule has 2 rings (SSSR count). The van der Waals surface area contributed by atoms with Crippen molar-refractivity contribution in [3.8, 4) is 5.75 Å². The van der Waals surface area contributed by atoms with Crippen LogP contribution in [0.2, 0.25) is 5.02 Å². The lowest BCUT2D eigenvalue weighted by atomic mass is 10.1. The Morgan fingerprint density at radius 3 is 2.78 bits per heavy atom. The first kappa shape index (κ1) is 17.1. The van der Waals surface area contributed by atoms with Crippen molar-refractivity contribution >= 4 is 23.3 Å². The Morgan fingerprint density at radius 1 is 1.30 bits per heavy atom. The van der Waals surface area contributed by atoms with Gasteiger partial charge in [0.15, 0.2) is 0 Å². The number of amides is 2. The molecular weight excluding hydrogens is 316 g/mol. The minimum absolute atomic E-state index is 0.0889. The van der Waals surface area contributed by atoms with Crippen LogP contribution in [0.1, 0.15) is 17.2 Å². The Morgan fingerprint density at radius 2 is 2.09 bits per heavy atom. The zero-order valence-electron chi connectivity index (χ0n) is 13.0. The number of halogens is 1. The van der Waals surface area contributed by atoms with Crippen LogP contribution in [-0.4, -0.2) is 24.8 Å². The molecule has 0 aliphatic heterocycles. The Kier molecular flexibility index (Phi) is 5.84. The summed E-state index contributed by atoms with van der Waals surface area (Å²) >= 11 is 5.88. The molecule has 0 radical (unpaired) electrons. The fourth-order valence-corrected chi connectivity index (χ4v) is 2.32. The standard InChI is InChI=1S/C17H19ClN2O3/c1-11-8-13(18)6-7-15(11)20-17(22)19-10-16(21)12-4-3-5-14(9-12)23-2/h3-9,16,21H,10H2,1-2H3,(H2,19,20,22). The molecule has 0 aliphatic carbocycles. The van der Waals surface area contributed by atoms with Gasteiger partial charge in [-0.1, -0.05) is 23.7 Å². The third kappa shape index (κ3) is 4.87. The number of benzene rings is 2. The fraction of sp³-hybridized carbons (Fsp3) is 0.235. The molecule has 0 heterocycles. The molecule has 0 fully saturated rings. The highest BCUT2D eigenvalue weighted by Crippen LogP contribution is 2.20. The summed E-state index contributed by atoms with van der Waals surface area (Å²) in [5.41, 5.74) is 2.20. The third-order valence-electron chi connectivity index (χ3n) is 3.37. The predicted octanol–water partition coefficient (Wildman–Crippen LogP) is 3.51. The number of carbonyl (C=O) groups is 1. The van der Waals surface area contributed by atoms with E-state index in [1.54, 1.807) is 49.6 Å². The Bertz CT molecular complexity index is 691. The first-order chi connectivity index (χ1) is 11.0. The quantitative estimate of drug-likeness (QED) is 0.783. The molecule has 3 N–H and O–H groups in total. The van der Waals surface area contributed by atoms with Crippen LogP contribution in [0, 0.1) is 6.92 Å². The fourth-order valence-electron chi connectivity index (χ4n) is 2.09. The number of nitrogens with one attached hydrogen (secondary N) is 2. The van der Waals surface area contributed by atoms with Gasteiger partial charge in [0.05, 0.1) is 13.2 Å². The first-order valence-electron chi connectivity index (χ1n) is 7.12. The highest BCUT2D eigenvalue weighted by Gasteiger charge is 2.11. The molecule has 0 saturated carbocycles. The van der Waals surface area contributed by atoms with Crippen molar-refractivity contribution < 1.29 is 14.6 Å². The molecule has 2 aromatic rings. The summed E-state index contributed by atoms with van der Waals surface area (Å²) in [5, 5.41) is 16.1. The lowest BCUT2D eigenvalue weighted by Gasteiger charge is -2.14. The number of urea groups is 1. The van der Waals surface area contributed by atoms with Crippen molar-refractivity contribution in [3.63, 3.8) is 0 Å². The Labute approximate surface area is 140 Å². The number of hydrogen-bond acceptors (Lipinski definition) is 3. The van der Waals surface area contributed by atoms with Crippen LogP contribution in [0.4, 0.5) is 10.5 Å². The number of ether oxygens (including phenoxy) is 1. The van der Waals surface area contributed by atoms with E-state index >= 15 is 0 Å². The summed E-state index contributed by atoms with van der Waals surface area (Å²) in [6.07, 6.45) is -0.817. The molecule has 122 valence electrons. The van der Waals surface area contributed by atoms with Gasteiger partial charge >= 0.3 is 6.03 Å². The van der Waals surface area contributed by atoms with E-state index < -0.39 is 12.1 Å². The van der Waals surface area contributed by atoms with Crippen LogP contribution in [-0.2, 0) is 0 Å². The van der Waals surface area contributed by atoms with Crippen molar-refractivity contribution in [2.45, 2.75) is 13.0 Å². The van der Waals surface area contributed by atoms with E-state index in [-0.39, 0.29) is 6.54 Å². The normalized spacial score (nSPS) is 11.7. The highest BCUT2D eigenvalue weighted by molar-refractivity contribution is 6.30. The highest BCUT2D eigenvalue weighted by atomic mass is 35.5. The maximum atomic E-state index is 11.9. The van der Waals surface area contributed by atoms with Crippen LogP contribution >= 0.6 is 11.6 Å². The van der Waals surface area contributed by atoms with Crippen LogP contribution in [0.15, 0.2) is 42.5 Å². The lowest BCUT2D eigenvalue weighted by Crippen LogP contribution is -2.32. The summed E-state index contributed by atoms with van der Waals surface area (Å²) < 4.78 is 5.11. The van der Waals surface area contributed by atoms with Gasteiger partial charge in [0.25, 0.3) is 0 Å². The molecular formula is C17H19ClN2O3. The number of rotatable bonds is 5. The van der Waals surface area contributed by atoms with Gasteiger partial charge in [-0.05, 0) is 48.4 Å². The summed E-state index contributed by atoms with van der Waals surface area (Å²) in [4.78, 5) is 11.9. The van der Waals surface area contributed by atoms with Gasteiger partial charge < -0.3 is 20.5 Å². The van der Waals surface area contributed by atoms with E-state index in [2.05, 4.69) is 10.6 Å². The van der Waals surface area contributed by atoms with Crippen LogP contribution < -0.4 is 15.4 Å². The molecule has 2 amide bonds. The summed E-state index contributed by atoms with van der Waals surface area (Å²) in [5.74, 6) is 0.655. The van der Waals surface area contributed by atoms with Crippen LogP contribution in [0.3, 0.4) is 0 Å². The SMILES string of the molecule is COc1cccc(C(O)CNC(=O)Nc2ccc(Cl)cc2C)c1. The summed E-state index contributed by atoms with van der Waals surface area (Å²) in [6, 6.07) is 11.9.